The molecule has 7 heavy (non-hydrogen) atoms. The molecule has 0 radical (unpaired) electrons. The quantitative estimate of drug-likeness (QED) is 0.572. The van der Waals surface area contributed by atoms with E-state index in [1.807, 2.05) is 0 Å². The van der Waals surface area contributed by atoms with Crippen molar-refractivity contribution >= 4 is 22.8 Å². The minimum absolute atomic E-state index is 0.153. The monoisotopic (exact) mass is 164 g/mol. The Morgan fingerprint density at radius 2 is 2.43 bits per heavy atom. The van der Waals surface area contributed by atoms with Gasteiger partial charge in [0.2, 0.25) is 0 Å². The van der Waals surface area contributed by atoms with Gasteiger partial charge in [-0.25, -0.2) is 0 Å². The van der Waals surface area contributed by atoms with Gasteiger partial charge in [-0.1, -0.05) is 0 Å². The van der Waals surface area contributed by atoms with Crippen molar-refractivity contribution in [3.8, 4) is 0 Å². The summed E-state index contributed by atoms with van der Waals surface area (Å²) in [6, 6.07) is 0. The first-order valence-corrected chi connectivity index (χ1v) is 3.82. The number of carboxylic acid groups (broad SMARTS) is 1. The molecule has 0 fully saturated rings. The second-order valence-electron chi connectivity index (χ2n) is 1.47. The van der Waals surface area contributed by atoms with E-state index in [0.717, 1.165) is 5.21 Å². The standard InChI is InChI=1S/C4H9AsO2/c1-3(2-5)4(6)7/h3H,2,5H2,1H3,(H,6,7). The SMILES string of the molecule is CC(C[AsH2])C(=O)O. The molecule has 42 valence electrons. The van der Waals surface area contributed by atoms with Crippen molar-refractivity contribution in [3.63, 3.8) is 0 Å². The molecule has 0 spiro atoms. The Morgan fingerprint density at radius 1 is 2.00 bits per heavy atom. The molecule has 2 atom stereocenters. The molecule has 0 aromatic rings. The minimum atomic E-state index is -0.690. The van der Waals surface area contributed by atoms with Crippen LogP contribution in [0, 0.1) is 5.92 Å². The molecule has 0 aromatic heterocycles. The summed E-state index contributed by atoms with van der Waals surface area (Å²) in [7, 11) is 0. The summed E-state index contributed by atoms with van der Waals surface area (Å²) in [6.07, 6.45) is 0. The van der Waals surface area contributed by atoms with Gasteiger partial charge in [0.05, 0.1) is 0 Å². The second kappa shape index (κ2) is 3.09. The molecule has 0 aromatic carbocycles. The van der Waals surface area contributed by atoms with Crippen LogP contribution in [0.5, 0.6) is 0 Å². The van der Waals surface area contributed by atoms with Crippen LogP contribution >= 0.6 is 0 Å². The summed E-state index contributed by atoms with van der Waals surface area (Å²) >= 11 is 1.47. The van der Waals surface area contributed by atoms with E-state index in [-0.39, 0.29) is 5.92 Å². The normalized spacial score (nSPS) is 13.4. The topological polar surface area (TPSA) is 37.3 Å². The first-order chi connectivity index (χ1) is 3.18. The van der Waals surface area contributed by atoms with Crippen LogP contribution in [-0.4, -0.2) is 27.9 Å². The molecule has 3 heteroatoms. The van der Waals surface area contributed by atoms with Gasteiger partial charge in [-0.3, -0.25) is 0 Å². The van der Waals surface area contributed by atoms with Crippen LogP contribution in [0.1, 0.15) is 6.92 Å². The third kappa shape index (κ3) is 2.69. The predicted octanol–water partition coefficient (Wildman–Crippen LogP) is -0.241. The Morgan fingerprint density at radius 3 is 2.43 bits per heavy atom. The van der Waals surface area contributed by atoms with Gasteiger partial charge >= 0.3 is 50.8 Å². The summed E-state index contributed by atoms with van der Waals surface area (Å²) in [5.41, 5.74) is 0. The molecule has 0 rings (SSSR count). The number of rotatable bonds is 2. The van der Waals surface area contributed by atoms with E-state index >= 15 is 0 Å². The predicted molar refractivity (Wildman–Crippen MR) is 30.2 cm³/mol. The molecule has 0 heterocycles. The fraction of sp³-hybridized carbons (Fsp3) is 0.750. The molecule has 0 aliphatic rings. The number of aliphatic carboxylic acids is 1. The van der Waals surface area contributed by atoms with E-state index in [2.05, 4.69) is 0 Å². The second-order valence-corrected chi connectivity index (χ2v) is 2.46. The molecule has 0 bridgehead atoms. The zero-order valence-electron chi connectivity index (χ0n) is 4.22. The van der Waals surface area contributed by atoms with Gasteiger partial charge in [0.15, 0.2) is 0 Å². The van der Waals surface area contributed by atoms with Crippen molar-refractivity contribution in [1.29, 1.82) is 0 Å². The Bertz CT molecular complexity index is 72.1. The first kappa shape index (κ1) is 7.03. The molecular formula is C4H9AsO2. The van der Waals surface area contributed by atoms with Crippen LogP contribution in [-0.2, 0) is 4.79 Å². The van der Waals surface area contributed by atoms with E-state index < -0.39 is 5.97 Å². The zero-order valence-corrected chi connectivity index (χ0v) is 6.64. The van der Waals surface area contributed by atoms with Gasteiger partial charge in [0.1, 0.15) is 0 Å². The first-order valence-electron chi connectivity index (χ1n) is 2.11. The van der Waals surface area contributed by atoms with Crippen molar-refractivity contribution in [1.82, 2.24) is 0 Å². The van der Waals surface area contributed by atoms with E-state index in [0.29, 0.717) is 0 Å². The van der Waals surface area contributed by atoms with Crippen molar-refractivity contribution < 1.29 is 9.90 Å². The fourth-order valence-corrected chi connectivity index (χ4v) is 0.524. The van der Waals surface area contributed by atoms with Crippen LogP contribution < -0.4 is 0 Å². The Hall–Kier alpha value is 0.0284. The number of carboxylic acids is 1. The number of hydrogen-bond donors (Lipinski definition) is 1. The van der Waals surface area contributed by atoms with Gasteiger partial charge in [-0.05, 0) is 0 Å². The molecule has 2 nitrogen and oxygen atoms in total. The summed E-state index contributed by atoms with van der Waals surface area (Å²) in [4.78, 5) is 9.94. The number of carbonyl (C=O) groups is 1. The molecule has 0 amide bonds. The molecule has 0 aliphatic heterocycles. The molecular weight excluding hydrogens is 155 g/mol. The Balaban J connectivity index is 3.34. The average Bonchev–Trinajstić information content (AvgIpc) is 1.65. The Labute approximate surface area is 51.4 Å². The fourth-order valence-electron chi connectivity index (χ4n) is 0.101. The van der Waals surface area contributed by atoms with Crippen molar-refractivity contribution in [2.24, 2.45) is 5.92 Å². The summed E-state index contributed by atoms with van der Waals surface area (Å²) in [5.74, 6) is -0.843. The molecule has 0 saturated heterocycles. The van der Waals surface area contributed by atoms with Crippen LogP contribution in [0.25, 0.3) is 0 Å². The summed E-state index contributed by atoms with van der Waals surface area (Å²) in [5, 5.41) is 8.97. The van der Waals surface area contributed by atoms with E-state index in [4.69, 9.17) is 5.11 Å². The Kier molecular flexibility index (Phi) is 3.10. The van der Waals surface area contributed by atoms with E-state index in [9.17, 15) is 4.79 Å². The van der Waals surface area contributed by atoms with Crippen molar-refractivity contribution in [2.45, 2.75) is 12.1 Å². The molecule has 0 aliphatic carbocycles. The maximum absolute atomic E-state index is 9.94. The average molecular weight is 164 g/mol. The summed E-state index contributed by atoms with van der Waals surface area (Å²) < 4.78 is 0. The molecule has 2 unspecified atom stereocenters. The van der Waals surface area contributed by atoms with Gasteiger partial charge in [-0.15, -0.1) is 0 Å². The summed E-state index contributed by atoms with van der Waals surface area (Å²) in [6.45, 7) is 1.71. The third-order valence-corrected chi connectivity index (χ3v) is 2.26. The van der Waals surface area contributed by atoms with Crippen molar-refractivity contribution in [3.05, 3.63) is 0 Å². The van der Waals surface area contributed by atoms with Crippen LogP contribution in [0.15, 0.2) is 0 Å². The zero-order chi connectivity index (χ0) is 5.86. The molecule has 0 saturated carbocycles. The van der Waals surface area contributed by atoms with Gasteiger partial charge in [0, 0.05) is 0 Å². The van der Waals surface area contributed by atoms with Crippen LogP contribution in [0.3, 0.4) is 0 Å². The van der Waals surface area contributed by atoms with Gasteiger partial charge in [0.25, 0.3) is 0 Å². The van der Waals surface area contributed by atoms with E-state index in [1.54, 1.807) is 6.92 Å². The van der Waals surface area contributed by atoms with Crippen LogP contribution in [0.4, 0.5) is 0 Å². The van der Waals surface area contributed by atoms with Gasteiger partial charge < -0.3 is 0 Å². The number of hydrogen-bond acceptors (Lipinski definition) is 1. The van der Waals surface area contributed by atoms with Crippen molar-refractivity contribution in [2.75, 3.05) is 0 Å². The third-order valence-electron chi connectivity index (χ3n) is 0.775. The molecule has 1 N–H and O–H groups in total. The maximum atomic E-state index is 9.94. The van der Waals surface area contributed by atoms with E-state index in [1.165, 1.54) is 16.9 Å². The van der Waals surface area contributed by atoms with Crippen LogP contribution in [0.2, 0.25) is 5.21 Å². The van der Waals surface area contributed by atoms with Gasteiger partial charge in [-0.2, -0.15) is 0 Å².